The van der Waals surface area contributed by atoms with Gasteiger partial charge in [-0.15, -0.1) is 0 Å². The number of nitrogens with zero attached hydrogens (tertiary/aromatic N) is 6. The van der Waals surface area contributed by atoms with Crippen molar-refractivity contribution in [1.82, 2.24) is 29.1 Å². The Balaban J connectivity index is 0.000000187. The van der Waals surface area contributed by atoms with E-state index in [1.54, 1.807) is 117 Å². The molecule has 0 spiro atoms. The highest BCUT2D eigenvalue weighted by Crippen LogP contribution is 2.28. The predicted octanol–water partition coefficient (Wildman–Crippen LogP) is 12.7. The highest BCUT2D eigenvalue weighted by molar-refractivity contribution is 6.29. The zero-order chi connectivity index (χ0) is 58.5. The molecule has 10 aromatic rings. The Morgan fingerprint density at radius 1 is 0.549 bits per heavy atom. The summed E-state index contributed by atoms with van der Waals surface area (Å²) in [5.74, 6) is -1.35. The van der Waals surface area contributed by atoms with Crippen LogP contribution in [0.1, 0.15) is 65.7 Å². The smallest absolute Gasteiger partial charge is 0.337 e. The number of aryl methyl sites for hydroxylation is 2. The molecule has 0 aliphatic heterocycles. The number of carbonyl (C=O) groups excluding carboxylic acids is 1. The summed E-state index contributed by atoms with van der Waals surface area (Å²) in [6.07, 6.45) is 0.479. The number of fused-ring (bicyclic) bond motifs is 2. The Kier molecular flexibility index (Phi) is 19.9. The Labute approximate surface area is 475 Å². The second-order valence-electron chi connectivity index (χ2n) is 18.9. The van der Waals surface area contributed by atoms with Crippen LogP contribution in [0.4, 0.5) is 17.6 Å². The molecule has 19 heteroatoms. The molecular formula is C63H57ClF4N6O8. The number of rotatable bonds is 18. The van der Waals surface area contributed by atoms with Gasteiger partial charge in [0.25, 0.3) is 0 Å². The van der Waals surface area contributed by atoms with Crippen LogP contribution in [0.5, 0.6) is 5.88 Å². The molecule has 6 aromatic carbocycles. The quantitative estimate of drug-likeness (QED) is 0.0474. The fourth-order valence-electron chi connectivity index (χ4n) is 8.82. The van der Waals surface area contributed by atoms with Crippen molar-refractivity contribution in [2.24, 2.45) is 0 Å². The maximum atomic E-state index is 15.3. The number of methoxy groups -OCH3 is 3. The molecule has 0 fully saturated rings. The molecule has 4 aromatic heterocycles. The molecule has 0 aliphatic rings. The van der Waals surface area contributed by atoms with Crippen LogP contribution in [-0.2, 0) is 53.4 Å². The number of ether oxygens (including phenoxy) is 4. The van der Waals surface area contributed by atoms with E-state index in [1.165, 1.54) is 37.4 Å². The van der Waals surface area contributed by atoms with E-state index >= 15 is 4.39 Å². The van der Waals surface area contributed by atoms with Crippen molar-refractivity contribution < 1.29 is 56.3 Å². The average molecular weight is 1140 g/mol. The summed E-state index contributed by atoms with van der Waals surface area (Å²) in [5, 5.41) is 18.3. The number of aromatic nitrogens is 6. The summed E-state index contributed by atoms with van der Waals surface area (Å²) < 4.78 is 82.0. The fourth-order valence-corrected chi connectivity index (χ4v) is 8.99. The van der Waals surface area contributed by atoms with Gasteiger partial charge in [-0.25, -0.2) is 47.1 Å². The Morgan fingerprint density at radius 3 is 1.52 bits per heavy atom. The average Bonchev–Trinajstić information content (AvgIpc) is 4.25. The number of aromatic carboxylic acids is 1. The van der Waals surface area contributed by atoms with Crippen LogP contribution >= 0.6 is 11.6 Å². The van der Waals surface area contributed by atoms with Crippen LogP contribution < -0.4 is 4.74 Å². The van der Waals surface area contributed by atoms with Crippen molar-refractivity contribution in [3.63, 3.8) is 0 Å². The van der Waals surface area contributed by atoms with E-state index in [2.05, 4.69) is 19.9 Å². The standard InChI is InChI=1S/C31H27F2N3O4.C24H21ClFN3O3.C8H9FO/c1-19-6-7-23(24(32)14-19)18-40-30-5-3-4-26(35-30)21-9-8-20(25(33)15-21)17-29-34-27-11-10-22(31(37)38)16-28(27)36(29)12-13-39-2;1-31-11-10-29-21-13-17(24(30)32-2)8-9-20(21)28-23(29)14-15-6-7-16(12-18(15)26)19-4-3-5-22(25)27-19;1-6-2-3-7(5-10)8(9)4-6/h3-11,14-16H,12-13,17-18H2,1-2H3,(H,37,38);3-9,12-13H,10-11,14H2,1-2H3;2-4,10H,5H2,1H3. The molecule has 0 amide bonds. The first-order valence-electron chi connectivity index (χ1n) is 25.7. The van der Waals surface area contributed by atoms with Gasteiger partial charge in [0.15, 0.2) is 0 Å². The van der Waals surface area contributed by atoms with Crippen LogP contribution in [0.3, 0.4) is 0 Å². The summed E-state index contributed by atoms with van der Waals surface area (Å²) in [6.45, 7) is 5.20. The van der Waals surface area contributed by atoms with Crippen LogP contribution in [0.15, 0.2) is 146 Å². The zero-order valence-electron chi connectivity index (χ0n) is 45.4. The number of pyridine rings is 2. The number of hydrogen-bond acceptors (Lipinski definition) is 11. The first-order valence-corrected chi connectivity index (χ1v) is 26.1. The Bertz CT molecular complexity index is 3910. The van der Waals surface area contributed by atoms with Crippen LogP contribution in [-0.4, -0.2) is 85.8 Å². The number of carboxylic acids is 1. The molecule has 2 N–H and O–H groups in total. The fraction of sp³-hybridized carbons (Fsp3) is 0.206. The number of benzene rings is 6. The minimum Gasteiger partial charge on any atom is -0.478 e. The van der Waals surface area contributed by atoms with E-state index in [4.69, 9.17) is 35.7 Å². The molecule has 422 valence electrons. The third-order valence-corrected chi connectivity index (χ3v) is 13.4. The lowest BCUT2D eigenvalue weighted by Crippen LogP contribution is -2.10. The minimum absolute atomic E-state index is 0.0217. The highest BCUT2D eigenvalue weighted by Gasteiger charge is 2.19. The van der Waals surface area contributed by atoms with Gasteiger partial charge in [0.2, 0.25) is 5.88 Å². The number of carboxylic acid groups (broad SMARTS) is 1. The van der Waals surface area contributed by atoms with E-state index in [9.17, 15) is 27.9 Å². The van der Waals surface area contributed by atoms with E-state index in [-0.39, 0.29) is 49.1 Å². The number of esters is 1. The van der Waals surface area contributed by atoms with Crippen LogP contribution in [0, 0.1) is 37.1 Å². The first-order chi connectivity index (χ1) is 39.5. The number of imidazole rings is 2. The number of carbonyl (C=O) groups is 2. The summed E-state index contributed by atoms with van der Waals surface area (Å²) in [5.41, 5.74) is 9.04. The van der Waals surface area contributed by atoms with Gasteiger partial charge in [0.05, 0.1) is 71.5 Å². The molecule has 82 heavy (non-hydrogen) atoms. The van der Waals surface area contributed by atoms with E-state index in [0.717, 1.165) is 16.6 Å². The van der Waals surface area contributed by atoms with E-state index in [1.807, 2.05) is 35.1 Å². The Morgan fingerprint density at radius 2 is 1.04 bits per heavy atom. The molecule has 4 heterocycles. The Hall–Kier alpha value is -8.81. The van der Waals surface area contributed by atoms with Gasteiger partial charge >= 0.3 is 11.9 Å². The predicted molar refractivity (Wildman–Crippen MR) is 304 cm³/mol. The molecule has 0 saturated heterocycles. The normalized spacial score (nSPS) is 11.0. The molecule has 0 aliphatic carbocycles. The summed E-state index contributed by atoms with van der Waals surface area (Å²) in [4.78, 5) is 41.5. The number of aliphatic hydroxyl groups excluding tert-OH is 1. The van der Waals surface area contributed by atoms with Gasteiger partial charge in [0, 0.05) is 68.5 Å². The molecule has 0 atom stereocenters. The maximum Gasteiger partial charge on any atom is 0.337 e. The van der Waals surface area contributed by atoms with Gasteiger partial charge in [0.1, 0.15) is 46.7 Å². The molecule has 0 unspecified atom stereocenters. The minimum atomic E-state index is -1.03. The highest BCUT2D eigenvalue weighted by atomic mass is 35.5. The molecule has 14 nitrogen and oxygen atoms in total. The van der Waals surface area contributed by atoms with E-state index < -0.39 is 17.8 Å². The van der Waals surface area contributed by atoms with Crippen LogP contribution in [0.2, 0.25) is 5.15 Å². The molecule has 0 radical (unpaired) electrons. The second kappa shape index (κ2) is 27.6. The van der Waals surface area contributed by atoms with Crippen molar-refractivity contribution in [3.05, 3.63) is 230 Å². The summed E-state index contributed by atoms with van der Waals surface area (Å²) >= 11 is 5.96. The monoisotopic (exact) mass is 1140 g/mol. The van der Waals surface area contributed by atoms with Crippen molar-refractivity contribution in [1.29, 1.82) is 0 Å². The summed E-state index contributed by atoms with van der Waals surface area (Å²) in [7, 11) is 4.53. The van der Waals surface area contributed by atoms with E-state index in [0.29, 0.717) is 116 Å². The SMILES string of the molecule is COCCn1c(Cc2ccc(-c3cccc(Cl)n3)cc2F)nc2ccc(C(=O)OC)cc21.COCCn1c(Cc2ccc(-c3cccc(OCc4ccc(C)cc4F)n3)cc2F)nc2ccc(C(=O)O)cc21.Cc1ccc(CO)c(F)c1. The maximum absolute atomic E-state index is 15.3. The van der Waals surface area contributed by atoms with Gasteiger partial charge in [-0.1, -0.05) is 72.3 Å². The lowest BCUT2D eigenvalue weighted by molar-refractivity contribution is 0.0600. The lowest BCUT2D eigenvalue weighted by atomic mass is 10.1. The lowest BCUT2D eigenvalue weighted by Gasteiger charge is -2.11. The van der Waals surface area contributed by atoms with Gasteiger partial charge in [-0.2, -0.15) is 0 Å². The van der Waals surface area contributed by atoms with Crippen molar-refractivity contribution >= 4 is 45.6 Å². The largest absolute Gasteiger partial charge is 0.478 e. The van der Waals surface area contributed by atoms with Gasteiger partial charge in [-0.05, 0) is 115 Å². The van der Waals surface area contributed by atoms with Crippen LogP contribution in [0.25, 0.3) is 44.6 Å². The molecule has 0 bridgehead atoms. The summed E-state index contributed by atoms with van der Waals surface area (Å²) in [6, 6.07) is 39.8. The third-order valence-electron chi connectivity index (χ3n) is 13.2. The zero-order valence-corrected chi connectivity index (χ0v) is 46.2. The topological polar surface area (TPSA) is 173 Å². The van der Waals surface area contributed by atoms with Gasteiger partial charge < -0.3 is 38.3 Å². The van der Waals surface area contributed by atoms with Crippen molar-refractivity contribution in [3.8, 4) is 28.4 Å². The molecular weight excluding hydrogens is 1080 g/mol. The number of aliphatic hydroxyl groups is 1. The first kappa shape index (κ1) is 59.3. The van der Waals surface area contributed by atoms with Crippen molar-refractivity contribution in [2.75, 3.05) is 34.5 Å². The number of hydrogen-bond donors (Lipinski definition) is 2. The molecule has 10 rings (SSSR count). The number of halogens is 5. The van der Waals surface area contributed by atoms with Gasteiger partial charge in [-0.3, -0.25) is 0 Å². The molecule has 0 saturated carbocycles. The third kappa shape index (κ3) is 14.8. The van der Waals surface area contributed by atoms with Crippen molar-refractivity contribution in [2.45, 2.75) is 53.0 Å². The second-order valence-corrected chi connectivity index (χ2v) is 19.2.